The number of halogens is 1. The van der Waals surface area contributed by atoms with E-state index in [-0.39, 0.29) is 11.6 Å². The first-order chi connectivity index (χ1) is 20.7. The van der Waals surface area contributed by atoms with E-state index in [0.29, 0.717) is 47.3 Å². The van der Waals surface area contributed by atoms with Crippen LogP contribution in [0.1, 0.15) is 47.2 Å². The van der Waals surface area contributed by atoms with E-state index in [1.165, 1.54) is 25.3 Å². The van der Waals surface area contributed by atoms with Gasteiger partial charge in [0.2, 0.25) is 0 Å². The fourth-order valence-electron chi connectivity index (χ4n) is 5.62. The first-order valence-corrected chi connectivity index (χ1v) is 14.6. The fraction of sp³-hybridized carbons (Fsp3) is 0.216. The molecule has 1 N–H and O–H groups in total. The van der Waals surface area contributed by atoms with Gasteiger partial charge < -0.3 is 14.8 Å². The molecule has 0 aliphatic carbocycles. The zero-order valence-electron chi connectivity index (χ0n) is 23.5. The predicted octanol–water partition coefficient (Wildman–Crippen LogP) is 8.37. The highest BCUT2D eigenvalue weighted by atomic mass is 19.1. The van der Waals surface area contributed by atoms with Crippen LogP contribution in [0.3, 0.4) is 0 Å². The molecular formula is C37H34FNO3. The molecule has 1 unspecified atom stereocenters. The number of ketones is 1. The number of ether oxygens (including phenoxy) is 2. The number of carbonyl (C=O) groups excluding carboxylic acids is 1. The van der Waals surface area contributed by atoms with Gasteiger partial charge in [0.05, 0.1) is 6.61 Å². The molecule has 0 amide bonds. The minimum atomic E-state index is -0.370. The summed E-state index contributed by atoms with van der Waals surface area (Å²) in [6.45, 7) is 2.14. The molecule has 0 bridgehead atoms. The van der Waals surface area contributed by atoms with Gasteiger partial charge in [-0.2, -0.15) is 0 Å². The molecule has 0 aromatic heterocycles. The molecule has 0 spiro atoms. The van der Waals surface area contributed by atoms with Crippen molar-refractivity contribution < 1.29 is 18.7 Å². The molecule has 42 heavy (non-hydrogen) atoms. The summed E-state index contributed by atoms with van der Waals surface area (Å²) in [7, 11) is 0. The van der Waals surface area contributed by atoms with Gasteiger partial charge in [-0.25, -0.2) is 4.39 Å². The predicted molar refractivity (Wildman–Crippen MR) is 166 cm³/mol. The van der Waals surface area contributed by atoms with Crippen molar-refractivity contribution in [2.45, 2.75) is 38.3 Å². The number of carbonyl (C=O) groups is 1. The molecule has 0 saturated carbocycles. The first kappa shape index (κ1) is 27.7. The number of rotatable bonds is 10. The summed E-state index contributed by atoms with van der Waals surface area (Å²) >= 11 is 0. The normalized spacial score (nSPS) is 14.9. The van der Waals surface area contributed by atoms with E-state index in [1.807, 2.05) is 72.8 Å². The summed E-state index contributed by atoms with van der Waals surface area (Å²) in [6, 6.07) is 33.7. The van der Waals surface area contributed by atoms with Gasteiger partial charge in [0.15, 0.2) is 5.78 Å². The number of hydrogen-bond donors (Lipinski definition) is 1. The molecule has 1 aliphatic rings. The van der Waals surface area contributed by atoms with Gasteiger partial charge in [0.25, 0.3) is 0 Å². The quantitative estimate of drug-likeness (QED) is 0.175. The van der Waals surface area contributed by atoms with Crippen LogP contribution in [0.2, 0.25) is 0 Å². The summed E-state index contributed by atoms with van der Waals surface area (Å²) in [6.07, 6.45) is 4.65. The summed E-state index contributed by atoms with van der Waals surface area (Å²) in [4.78, 5) is 14.1. The smallest absolute Gasteiger partial charge is 0.194 e. The lowest BCUT2D eigenvalue weighted by Crippen LogP contribution is -2.35. The average molecular weight is 560 g/mol. The molecule has 5 heteroatoms. The number of hydrogen-bond acceptors (Lipinski definition) is 4. The van der Waals surface area contributed by atoms with Crippen molar-refractivity contribution in [3.05, 3.63) is 132 Å². The summed E-state index contributed by atoms with van der Waals surface area (Å²) in [5.41, 5.74) is 3.00. The maximum atomic E-state index is 15.0. The van der Waals surface area contributed by atoms with E-state index in [0.717, 1.165) is 35.1 Å². The minimum absolute atomic E-state index is 0.172. The second kappa shape index (κ2) is 13.0. The Hall–Kier alpha value is -4.48. The van der Waals surface area contributed by atoms with E-state index in [1.54, 1.807) is 30.3 Å². The van der Waals surface area contributed by atoms with Crippen molar-refractivity contribution in [3.8, 4) is 22.6 Å². The Bertz CT molecular complexity index is 1660. The highest BCUT2D eigenvalue weighted by Gasteiger charge is 2.21. The molecule has 1 heterocycles. The lowest BCUT2D eigenvalue weighted by Gasteiger charge is -2.23. The molecule has 5 aromatic rings. The number of fused-ring (bicyclic) bond motifs is 1. The summed E-state index contributed by atoms with van der Waals surface area (Å²) in [5, 5.41) is 5.13. The van der Waals surface area contributed by atoms with Gasteiger partial charge in [-0.1, -0.05) is 67.1 Å². The van der Waals surface area contributed by atoms with Crippen molar-refractivity contribution in [3.63, 3.8) is 0 Å². The van der Waals surface area contributed by atoms with Crippen LogP contribution in [0.5, 0.6) is 11.5 Å². The zero-order chi connectivity index (χ0) is 28.7. The maximum absolute atomic E-state index is 15.0. The molecule has 1 atom stereocenters. The average Bonchev–Trinajstić information content (AvgIpc) is 3.04. The molecule has 6 rings (SSSR count). The van der Waals surface area contributed by atoms with E-state index < -0.39 is 0 Å². The first-order valence-electron chi connectivity index (χ1n) is 14.6. The van der Waals surface area contributed by atoms with Crippen molar-refractivity contribution in [2.24, 2.45) is 0 Å². The molecule has 1 fully saturated rings. The van der Waals surface area contributed by atoms with Gasteiger partial charge >= 0.3 is 0 Å². The third-order valence-electron chi connectivity index (χ3n) is 7.89. The Morgan fingerprint density at radius 1 is 0.786 bits per heavy atom. The topological polar surface area (TPSA) is 47.6 Å². The summed E-state index contributed by atoms with van der Waals surface area (Å²) < 4.78 is 27.0. The standard InChI is InChI=1S/C37H34FNO3/c38-35-12-5-4-11-33(35)34-19-15-28-24-31(42-25-26-8-2-1-3-9-26)18-20-32(28)36(34)37(40)27-13-16-30(17-14-27)41-23-21-29-10-6-7-22-39-29/h1-5,8-9,11-20,24,29,39H,6-7,10,21-23,25H2. The summed E-state index contributed by atoms with van der Waals surface area (Å²) in [5.74, 6) is 0.891. The van der Waals surface area contributed by atoms with E-state index in [9.17, 15) is 4.79 Å². The van der Waals surface area contributed by atoms with Crippen LogP contribution in [-0.4, -0.2) is 25.0 Å². The van der Waals surface area contributed by atoms with Gasteiger partial charge in [-0.3, -0.25) is 4.79 Å². The van der Waals surface area contributed by atoms with Crippen LogP contribution >= 0.6 is 0 Å². The number of benzene rings is 5. The van der Waals surface area contributed by atoms with E-state index in [2.05, 4.69) is 5.32 Å². The molecule has 4 nitrogen and oxygen atoms in total. The highest BCUT2D eigenvalue weighted by Crippen LogP contribution is 2.35. The molecule has 1 aliphatic heterocycles. The number of nitrogens with one attached hydrogen (secondary N) is 1. The Morgan fingerprint density at radius 2 is 1.57 bits per heavy atom. The Labute approximate surface area is 246 Å². The zero-order valence-corrected chi connectivity index (χ0v) is 23.5. The van der Waals surface area contributed by atoms with Gasteiger partial charge in [0, 0.05) is 22.7 Å². The van der Waals surface area contributed by atoms with Gasteiger partial charge in [-0.15, -0.1) is 0 Å². The maximum Gasteiger partial charge on any atom is 0.194 e. The number of piperidine rings is 1. The van der Waals surface area contributed by atoms with Crippen LogP contribution in [0, 0.1) is 5.82 Å². The molecule has 5 aromatic carbocycles. The lowest BCUT2D eigenvalue weighted by atomic mass is 9.89. The third kappa shape index (κ3) is 6.37. The molecule has 212 valence electrons. The van der Waals surface area contributed by atoms with Crippen LogP contribution in [0.4, 0.5) is 4.39 Å². The Morgan fingerprint density at radius 3 is 2.36 bits per heavy atom. The van der Waals surface area contributed by atoms with E-state index >= 15 is 4.39 Å². The van der Waals surface area contributed by atoms with Crippen molar-refractivity contribution in [1.29, 1.82) is 0 Å². The minimum Gasteiger partial charge on any atom is -0.494 e. The van der Waals surface area contributed by atoms with Crippen molar-refractivity contribution >= 4 is 16.6 Å². The van der Waals surface area contributed by atoms with Crippen LogP contribution in [0.15, 0.2) is 109 Å². The molecule has 0 radical (unpaired) electrons. The van der Waals surface area contributed by atoms with Crippen LogP contribution < -0.4 is 14.8 Å². The van der Waals surface area contributed by atoms with Crippen LogP contribution in [0.25, 0.3) is 21.9 Å². The van der Waals surface area contributed by atoms with Crippen molar-refractivity contribution in [1.82, 2.24) is 5.32 Å². The van der Waals surface area contributed by atoms with Crippen molar-refractivity contribution in [2.75, 3.05) is 13.2 Å². The van der Waals surface area contributed by atoms with Crippen LogP contribution in [-0.2, 0) is 6.61 Å². The molecular weight excluding hydrogens is 525 g/mol. The lowest BCUT2D eigenvalue weighted by molar-refractivity contribution is 0.104. The second-order valence-corrected chi connectivity index (χ2v) is 10.8. The monoisotopic (exact) mass is 559 g/mol. The highest BCUT2D eigenvalue weighted by molar-refractivity contribution is 6.20. The molecule has 1 saturated heterocycles. The Balaban J connectivity index is 1.28. The van der Waals surface area contributed by atoms with Gasteiger partial charge in [0.1, 0.15) is 23.9 Å². The fourth-order valence-corrected chi connectivity index (χ4v) is 5.62. The van der Waals surface area contributed by atoms with E-state index in [4.69, 9.17) is 9.47 Å². The van der Waals surface area contributed by atoms with Gasteiger partial charge in [-0.05, 0) is 96.2 Å². The SMILES string of the molecule is O=C(c1ccc(OCCC2CCCCN2)cc1)c1c(-c2ccccc2F)ccc2cc(OCc3ccccc3)ccc12. The Kier molecular flexibility index (Phi) is 8.57. The second-order valence-electron chi connectivity index (χ2n) is 10.8. The third-order valence-corrected chi connectivity index (χ3v) is 7.89. The largest absolute Gasteiger partial charge is 0.494 e.